The van der Waals surface area contributed by atoms with Crippen molar-refractivity contribution in [2.24, 2.45) is 0 Å². The number of rotatable bonds is 6. The molecule has 0 aliphatic rings. The average molecular weight is 400 g/mol. The number of nitrogens with zero attached hydrogens (tertiary/aromatic N) is 3. The third-order valence-corrected chi connectivity index (χ3v) is 4.76. The van der Waals surface area contributed by atoms with Gasteiger partial charge < -0.3 is 13.6 Å². The Balaban J connectivity index is 1.45. The van der Waals surface area contributed by atoms with Crippen LogP contribution in [0, 0.1) is 0 Å². The van der Waals surface area contributed by atoms with Gasteiger partial charge in [0.1, 0.15) is 5.75 Å². The molecule has 0 aliphatic heterocycles. The highest BCUT2D eigenvalue weighted by Gasteiger charge is 2.14. The van der Waals surface area contributed by atoms with Crippen LogP contribution in [0.3, 0.4) is 0 Å². The minimum Gasteiger partial charge on any atom is -0.496 e. The molecule has 0 aliphatic carbocycles. The molecule has 4 aromatic rings. The molecule has 0 unspecified atom stereocenters. The van der Waals surface area contributed by atoms with Crippen LogP contribution in [0.5, 0.6) is 5.75 Å². The highest BCUT2D eigenvalue weighted by Crippen LogP contribution is 2.31. The molecule has 0 amide bonds. The van der Waals surface area contributed by atoms with Crippen LogP contribution in [0.2, 0.25) is 5.02 Å². The standard InChI is InChI=1S/C19H14ClN3O3S/c1-24-15-8-3-2-7-14(15)18-22-23-19(26-18)27-11-17-21-10-16(25-17)12-5-4-6-13(20)9-12/h2-10H,11H2,1H3. The summed E-state index contributed by atoms with van der Waals surface area (Å²) in [5.74, 6) is 2.77. The number of thioether (sulfide) groups is 1. The molecule has 136 valence electrons. The summed E-state index contributed by atoms with van der Waals surface area (Å²) < 4.78 is 16.8. The van der Waals surface area contributed by atoms with E-state index in [2.05, 4.69) is 15.2 Å². The highest BCUT2D eigenvalue weighted by atomic mass is 35.5. The van der Waals surface area contributed by atoms with E-state index in [1.165, 1.54) is 11.8 Å². The Hall–Kier alpha value is -2.77. The first-order chi connectivity index (χ1) is 13.2. The monoisotopic (exact) mass is 399 g/mol. The molecule has 0 atom stereocenters. The van der Waals surface area contributed by atoms with Crippen LogP contribution in [0.1, 0.15) is 5.89 Å². The lowest BCUT2D eigenvalue weighted by Gasteiger charge is -2.03. The lowest BCUT2D eigenvalue weighted by atomic mass is 10.2. The quantitative estimate of drug-likeness (QED) is 0.405. The molecule has 2 aromatic carbocycles. The SMILES string of the molecule is COc1ccccc1-c1nnc(SCc2ncc(-c3cccc(Cl)c3)o2)o1. The van der Waals surface area contributed by atoms with E-state index in [1.54, 1.807) is 13.3 Å². The summed E-state index contributed by atoms with van der Waals surface area (Å²) in [7, 11) is 1.60. The Morgan fingerprint density at radius 1 is 1.07 bits per heavy atom. The molecule has 8 heteroatoms. The summed E-state index contributed by atoms with van der Waals surface area (Å²) in [6.45, 7) is 0. The first-order valence-electron chi connectivity index (χ1n) is 8.03. The third kappa shape index (κ3) is 3.99. The van der Waals surface area contributed by atoms with Crippen LogP contribution in [0.25, 0.3) is 22.8 Å². The largest absolute Gasteiger partial charge is 0.496 e. The Morgan fingerprint density at radius 2 is 1.96 bits per heavy atom. The fourth-order valence-corrected chi connectivity index (χ4v) is 3.28. The summed E-state index contributed by atoms with van der Waals surface area (Å²) in [6, 6.07) is 14.9. The molecule has 2 aromatic heterocycles. The normalized spacial score (nSPS) is 10.9. The zero-order valence-electron chi connectivity index (χ0n) is 14.3. The summed E-state index contributed by atoms with van der Waals surface area (Å²) in [5, 5.41) is 9.23. The first kappa shape index (κ1) is 17.6. The van der Waals surface area contributed by atoms with E-state index in [0.29, 0.717) is 39.3 Å². The average Bonchev–Trinajstić information content (AvgIpc) is 3.36. The van der Waals surface area contributed by atoms with Crippen molar-refractivity contribution in [3.8, 4) is 28.5 Å². The van der Waals surface area contributed by atoms with Crippen molar-refractivity contribution in [1.29, 1.82) is 0 Å². The molecule has 0 N–H and O–H groups in total. The first-order valence-corrected chi connectivity index (χ1v) is 9.39. The van der Waals surface area contributed by atoms with Gasteiger partial charge in [0.2, 0.25) is 5.89 Å². The number of methoxy groups -OCH3 is 1. The van der Waals surface area contributed by atoms with Crippen molar-refractivity contribution in [3.63, 3.8) is 0 Å². The van der Waals surface area contributed by atoms with E-state index in [-0.39, 0.29) is 0 Å². The number of para-hydroxylation sites is 1. The van der Waals surface area contributed by atoms with Gasteiger partial charge in [-0.05, 0) is 24.3 Å². The minimum absolute atomic E-state index is 0.405. The number of ether oxygens (including phenoxy) is 1. The van der Waals surface area contributed by atoms with Crippen molar-refractivity contribution in [3.05, 3.63) is 65.6 Å². The zero-order chi connectivity index (χ0) is 18.6. The van der Waals surface area contributed by atoms with E-state index >= 15 is 0 Å². The van der Waals surface area contributed by atoms with Crippen molar-refractivity contribution in [1.82, 2.24) is 15.2 Å². The van der Waals surface area contributed by atoms with E-state index < -0.39 is 0 Å². The second-order valence-electron chi connectivity index (χ2n) is 5.49. The fourth-order valence-electron chi connectivity index (χ4n) is 2.47. The highest BCUT2D eigenvalue weighted by molar-refractivity contribution is 7.98. The second-order valence-corrected chi connectivity index (χ2v) is 6.85. The molecule has 0 bridgehead atoms. The van der Waals surface area contributed by atoms with E-state index in [1.807, 2.05) is 48.5 Å². The number of hydrogen-bond acceptors (Lipinski definition) is 7. The summed E-state index contributed by atoms with van der Waals surface area (Å²) in [6.07, 6.45) is 1.68. The predicted molar refractivity (Wildman–Crippen MR) is 103 cm³/mol. The molecule has 0 radical (unpaired) electrons. The Morgan fingerprint density at radius 3 is 2.81 bits per heavy atom. The second kappa shape index (κ2) is 7.85. The Bertz CT molecular complexity index is 1060. The maximum absolute atomic E-state index is 6.01. The topological polar surface area (TPSA) is 74.2 Å². The van der Waals surface area contributed by atoms with Gasteiger partial charge in [-0.2, -0.15) is 0 Å². The van der Waals surface area contributed by atoms with Crippen molar-refractivity contribution >= 4 is 23.4 Å². The predicted octanol–water partition coefficient (Wildman–Crippen LogP) is 5.35. The molecule has 6 nitrogen and oxygen atoms in total. The van der Waals surface area contributed by atoms with Crippen molar-refractivity contribution in [2.75, 3.05) is 7.11 Å². The maximum Gasteiger partial charge on any atom is 0.277 e. The van der Waals surface area contributed by atoms with Gasteiger partial charge in [0.15, 0.2) is 5.76 Å². The van der Waals surface area contributed by atoms with Gasteiger partial charge in [0.05, 0.1) is 24.6 Å². The minimum atomic E-state index is 0.405. The van der Waals surface area contributed by atoms with Gasteiger partial charge in [0, 0.05) is 10.6 Å². The zero-order valence-corrected chi connectivity index (χ0v) is 15.8. The van der Waals surface area contributed by atoms with Crippen LogP contribution in [0.4, 0.5) is 0 Å². The maximum atomic E-state index is 6.01. The van der Waals surface area contributed by atoms with Gasteiger partial charge in [-0.15, -0.1) is 10.2 Å². The lowest BCUT2D eigenvalue weighted by Crippen LogP contribution is -1.87. The molecule has 0 spiro atoms. The lowest BCUT2D eigenvalue weighted by molar-refractivity contribution is 0.411. The summed E-state index contributed by atoms with van der Waals surface area (Å²) in [5.41, 5.74) is 1.63. The molecular weight excluding hydrogens is 386 g/mol. The van der Waals surface area contributed by atoms with Gasteiger partial charge >= 0.3 is 0 Å². The number of benzene rings is 2. The number of oxazole rings is 1. The van der Waals surface area contributed by atoms with Crippen LogP contribution >= 0.6 is 23.4 Å². The van der Waals surface area contributed by atoms with E-state index in [4.69, 9.17) is 25.2 Å². The van der Waals surface area contributed by atoms with Crippen LogP contribution in [-0.4, -0.2) is 22.3 Å². The van der Waals surface area contributed by atoms with Gasteiger partial charge in [-0.1, -0.05) is 47.6 Å². The molecule has 27 heavy (non-hydrogen) atoms. The van der Waals surface area contributed by atoms with Crippen molar-refractivity contribution < 1.29 is 13.6 Å². The van der Waals surface area contributed by atoms with Crippen molar-refractivity contribution in [2.45, 2.75) is 11.0 Å². The van der Waals surface area contributed by atoms with E-state index in [9.17, 15) is 0 Å². The van der Waals surface area contributed by atoms with Gasteiger partial charge in [-0.3, -0.25) is 0 Å². The number of halogens is 1. The molecule has 0 saturated carbocycles. The summed E-state index contributed by atoms with van der Waals surface area (Å²) >= 11 is 7.37. The summed E-state index contributed by atoms with van der Waals surface area (Å²) in [4.78, 5) is 4.29. The Labute approximate surface area is 164 Å². The molecule has 2 heterocycles. The van der Waals surface area contributed by atoms with Gasteiger partial charge in [-0.25, -0.2) is 4.98 Å². The van der Waals surface area contributed by atoms with Crippen LogP contribution in [0.15, 0.2) is 68.8 Å². The van der Waals surface area contributed by atoms with E-state index in [0.717, 1.165) is 11.1 Å². The molecule has 4 rings (SSSR count). The Kier molecular flexibility index (Phi) is 5.13. The third-order valence-electron chi connectivity index (χ3n) is 3.73. The molecule has 0 saturated heterocycles. The van der Waals surface area contributed by atoms with Gasteiger partial charge in [0.25, 0.3) is 11.1 Å². The van der Waals surface area contributed by atoms with Crippen LogP contribution in [-0.2, 0) is 5.75 Å². The number of hydrogen-bond donors (Lipinski definition) is 0. The number of aromatic nitrogens is 3. The molecule has 0 fully saturated rings. The van der Waals surface area contributed by atoms with Crippen LogP contribution < -0.4 is 4.74 Å². The fraction of sp³-hybridized carbons (Fsp3) is 0.105. The smallest absolute Gasteiger partial charge is 0.277 e. The molecular formula is C19H14ClN3O3S.